The van der Waals surface area contributed by atoms with Crippen LogP contribution >= 0.6 is 0 Å². The molecule has 0 unspecified atom stereocenters. The van der Waals surface area contributed by atoms with Crippen LogP contribution in [0.5, 0.6) is 0 Å². The van der Waals surface area contributed by atoms with Gasteiger partial charge in [0.1, 0.15) is 5.60 Å². The molecule has 0 aliphatic carbocycles. The topological polar surface area (TPSA) is 128 Å². The lowest BCUT2D eigenvalue weighted by Crippen LogP contribution is -2.37. The van der Waals surface area contributed by atoms with Gasteiger partial charge in [-0.15, -0.1) is 0 Å². The first kappa shape index (κ1) is 24.6. The Morgan fingerprint density at radius 3 is 2.08 bits per heavy atom. The van der Waals surface area contributed by atoms with E-state index >= 15 is 0 Å². The van der Waals surface area contributed by atoms with Crippen molar-refractivity contribution < 1.29 is 30.6 Å². The highest BCUT2D eigenvalue weighted by atomic mass is 32.2. The number of carbonyl (C=O) groups excluding carboxylic acids is 1. The predicted octanol–water partition coefficient (Wildman–Crippen LogP) is 1.60. The van der Waals surface area contributed by atoms with Crippen molar-refractivity contribution in [2.45, 2.75) is 59.2 Å². The summed E-state index contributed by atoms with van der Waals surface area (Å²) in [5.74, 6) is 0. The van der Waals surface area contributed by atoms with Crippen LogP contribution in [0.1, 0.15) is 41.5 Å². The lowest BCUT2D eigenvalue weighted by Gasteiger charge is -2.21. The molecule has 0 aromatic heterocycles. The van der Waals surface area contributed by atoms with Crippen LogP contribution in [0.3, 0.4) is 0 Å². The highest BCUT2D eigenvalue weighted by molar-refractivity contribution is 7.92. The zero-order valence-electron chi connectivity index (χ0n) is 15.8. The van der Waals surface area contributed by atoms with Crippen LogP contribution < -0.4 is 10.0 Å². The molecule has 0 radical (unpaired) electrons. The Morgan fingerprint density at radius 2 is 1.58 bits per heavy atom. The minimum absolute atomic E-state index is 0.0158. The molecule has 0 rings (SSSR count). The smallest absolute Gasteiger partial charge is 0.408 e. The Kier molecular flexibility index (Phi) is 9.49. The van der Waals surface area contributed by atoms with Gasteiger partial charge in [-0.3, -0.25) is 4.18 Å². The monoisotopic (exact) mass is 412 g/mol. The van der Waals surface area contributed by atoms with Gasteiger partial charge >= 0.3 is 6.09 Å². The summed E-state index contributed by atoms with van der Waals surface area (Å²) in [7, 11) is -7.67. The summed E-state index contributed by atoms with van der Waals surface area (Å²) < 4.78 is 58.5. The maximum Gasteiger partial charge on any atom is 0.408 e. The second kappa shape index (κ2) is 10.0. The SMILES string of the molecule is CCOS(=O)(=O)/C=C/[C@H](C)NS(=O)(=O)/C=C/[C@H](C)NC(=O)OC(C)(C)C. The summed E-state index contributed by atoms with van der Waals surface area (Å²) in [4.78, 5) is 11.6. The number of hydrogen-bond donors (Lipinski definition) is 2. The molecule has 0 saturated heterocycles. The Morgan fingerprint density at radius 1 is 1.04 bits per heavy atom. The van der Waals surface area contributed by atoms with Gasteiger partial charge in [0.2, 0.25) is 10.0 Å². The second-order valence-electron chi connectivity index (χ2n) is 6.44. The fourth-order valence-electron chi connectivity index (χ4n) is 1.52. The van der Waals surface area contributed by atoms with Gasteiger partial charge in [0.05, 0.1) is 12.0 Å². The second-order valence-corrected chi connectivity index (χ2v) is 9.53. The van der Waals surface area contributed by atoms with Gasteiger partial charge in [-0.1, -0.05) is 6.08 Å². The van der Waals surface area contributed by atoms with E-state index in [0.717, 1.165) is 16.9 Å². The number of ether oxygens (including phenoxy) is 1. The first-order valence-corrected chi connectivity index (χ1v) is 11.0. The molecule has 0 heterocycles. The predicted molar refractivity (Wildman–Crippen MR) is 99.2 cm³/mol. The number of hydrogen-bond acceptors (Lipinski definition) is 7. The molecule has 152 valence electrons. The van der Waals surface area contributed by atoms with Crippen molar-refractivity contribution >= 4 is 26.2 Å². The minimum atomic E-state index is -3.84. The highest BCUT2D eigenvalue weighted by Gasteiger charge is 2.17. The van der Waals surface area contributed by atoms with Crippen LogP contribution in [0.2, 0.25) is 0 Å². The summed E-state index contributed by atoms with van der Waals surface area (Å²) in [6, 6.07) is -1.38. The summed E-state index contributed by atoms with van der Waals surface area (Å²) in [5, 5.41) is 4.15. The molecule has 26 heavy (non-hydrogen) atoms. The molecular formula is C15H28N2O7S2. The highest BCUT2D eigenvalue weighted by Crippen LogP contribution is 2.07. The van der Waals surface area contributed by atoms with Gasteiger partial charge < -0.3 is 10.1 Å². The van der Waals surface area contributed by atoms with E-state index < -0.39 is 43.9 Å². The van der Waals surface area contributed by atoms with Gasteiger partial charge in [-0.2, -0.15) is 8.42 Å². The molecule has 1 amide bonds. The fraction of sp³-hybridized carbons (Fsp3) is 0.667. The lowest BCUT2D eigenvalue weighted by atomic mass is 10.2. The molecular weight excluding hydrogens is 384 g/mol. The summed E-state index contributed by atoms with van der Waals surface area (Å²) in [6.07, 6.45) is 1.75. The first-order chi connectivity index (χ1) is 11.7. The fourth-order valence-corrected chi connectivity index (χ4v) is 3.47. The van der Waals surface area contributed by atoms with Crippen LogP contribution in [-0.2, 0) is 29.1 Å². The van der Waals surface area contributed by atoms with E-state index in [1.165, 1.54) is 19.9 Å². The van der Waals surface area contributed by atoms with Gasteiger partial charge in [0, 0.05) is 17.5 Å². The average molecular weight is 413 g/mol. The maximum absolute atomic E-state index is 12.0. The average Bonchev–Trinajstić information content (AvgIpc) is 2.40. The molecule has 0 aromatic carbocycles. The van der Waals surface area contributed by atoms with Gasteiger partial charge in [-0.25, -0.2) is 17.9 Å². The molecule has 9 nitrogen and oxygen atoms in total. The summed E-state index contributed by atoms with van der Waals surface area (Å²) >= 11 is 0. The van der Waals surface area contributed by atoms with Crippen LogP contribution in [-0.4, -0.2) is 47.2 Å². The summed E-state index contributed by atoms with van der Waals surface area (Å²) in [6.45, 7) is 9.68. The van der Waals surface area contributed by atoms with E-state index in [-0.39, 0.29) is 6.61 Å². The third-order valence-electron chi connectivity index (χ3n) is 2.46. The molecule has 0 aliphatic rings. The third-order valence-corrected chi connectivity index (χ3v) is 4.73. The van der Waals surface area contributed by atoms with Crippen molar-refractivity contribution in [2.24, 2.45) is 0 Å². The number of amides is 1. The zero-order chi connectivity index (χ0) is 20.6. The van der Waals surface area contributed by atoms with Crippen molar-refractivity contribution in [2.75, 3.05) is 6.61 Å². The molecule has 0 fully saturated rings. The normalized spacial score (nSPS) is 15.9. The van der Waals surface area contributed by atoms with Gasteiger partial charge in [-0.05, 0) is 47.6 Å². The van der Waals surface area contributed by atoms with Crippen LogP contribution in [0.25, 0.3) is 0 Å². The largest absolute Gasteiger partial charge is 0.444 e. The number of sulfonamides is 1. The number of nitrogens with one attached hydrogen (secondary N) is 2. The molecule has 0 aromatic rings. The van der Waals surface area contributed by atoms with Gasteiger partial charge in [0.25, 0.3) is 10.1 Å². The van der Waals surface area contributed by atoms with Crippen molar-refractivity contribution in [3.63, 3.8) is 0 Å². The quantitative estimate of drug-likeness (QED) is 0.551. The van der Waals surface area contributed by atoms with E-state index in [1.54, 1.807) is 27.7 Å². The van der Waals surface area contributed by atoms with E-state index in [2.05, 4.69) is 14.2 Å². The number of rotatable bonds is 9. The standard InChI is InChI=1S/C15H28N2O7S2/c1-7-23-26(21,22)11-9-13(3)17-25(19,20)10-8-12(2)16-14(18)24-15(4,5)6/h8-13,17H,7H2,1-6H3,(H,16,18)/b10-8+,11-9+/t12-,13-/m0/s1. The van der Waals surface area contributed by atoms with Crippen LogP contribution in [0, 0.1) is 0 Å². The molecule has 0 spiro atoms. The molecule has 0 aliphatic heterocycles. The van der Waals surface area contributed by atoms with Crippen molar-refractivity contribution in [3.05, 3.63) is 23.0 Å². The lowest BCUT2D eigenvalue weighted by molar-refractivity contribution is 0.0518. The van der Waals surface area contributed by atoms with Crippen LogP contribution in [0.15, 0.2) is 23.0 Å². The number of carbonyl (C=O) groups is 1. The van der Waals surface area contributed by atoms with E-state index in [0.29, 0.717) is 0 Å². The molecule has 2 atom stereocenters. The minimum Gasteiger partial charge on any atom is -0.444 e. The number of alkyl carbamates (subject to hydrolysis) is 1. The van der Waals surface area contributed by atoms with Crippen molar-refractivity contribution in [1.82, 2.24) is 10.0 Å². The maximum atomic E-state index is 12.0. The summed E-state index contributed by atoms with van der Waals surface area (Å²) in [5.41, 5.74) is -0.662. The Bertz CT molecular complexity index is 720. The van der Waals surface area contributed by atoms with Crippen molar-refractivity contribution in [1.29, 1.82) is 0 Å². The molecule has 0 bridgehead atoms. The van der Waals surface area contributed by atoms with E-state index in [9.17, 15) is 21.6 Å². The first-order valence-electron chi connectivity index (χ1n) is 7.93. The molecule has 2 N–H and O–H groups in total. The van der Waals surface area contributed by atoms with Gasteiger partial charge in [0.15, 0.2) is 0 Å². The van der Waals surface area contributed by atoms with Crippen LogP contribution in [0.4, 0.5) is 4.79 Å². The Balaban J connectivity index is 4.71. The zero-order valence-corrected chi connectivity index (χ0v) is 17.5. The third kappa shape index (κ3) is 12.9. The van der Waals surface area contributed by atoms with E-state index in [4.69, 9.17) is 4.74 Å². The Hall–Kier alpha value is -1.43. The van der Waals surface area contributed by atoms with E-state index in [1.807, 2.05) is 0 Å². The molecule has 11 heteroatoms. The molecule has 0 saturated carbocycles. The van der Waals surface area contributed by atoms with Crippen molar-refractivity contribution in [3.8, 4) is 0 Å². The Labute approximate surface area is 156 Å².